The third kappa shape index (κ3) is 6.14. The molecule has 0 aromatic rings. The molecular formula is C16H26O7. The fraction of sp³-hybridized carbons (Fsp3) is 0.688. The van der Waals surface area contributed by atoms with Crippen molar-refractivity contribution in [2.45, 2.75) is 57.9 Å². The molecule has 0 bridgehead atoms. The Bertz CT molecular complexity index is 451. The van der Waals surface area contributed by atoms with Crippen molar-refractivity contribution in [2.24, 2.45) is 0 Å². The Labute approximate surface area is 135 Å². The van der Waals surface area contributed by atoms with Crippen LogP contribution < -0.4 is 0 Å². The standard InChI is InChI=1S/C16H26O7/c1-9(2)6-11(18)7-10(3)4-5-22-16-15(21)14(20)13(19)12(8-17)23-16/h6-7,12-17,19-21H,4-5,8H2,1-3H3/b10-7+/t12-,13-,14+,15-,16-/m1/s1. The van der Waals surface area contributed by atoms with E-state index in [9.17, 15) is 20.1 Å². The summed E-state index contributed by atoms with van der Waals surface area (Å²) in [4.78, 5) is 11.6. The van der Waals surface area contributed by atoms with E-state index in [1.54, 1.807) is 6.92 Å². The van der Waals surface area contributed by atoms with E-state index in [1.807, 2.05) is 13.8 Å². The summed E-state index contributed by atoms with van der Waals surface area (Å²) in [7, 11) is 0. The molecule has 1 aliphatic heterocycles. The molecule has 1 heterocycles. The molecule has 1 saturated heterocycles. The molecule has 4 N–H and O–H groups in total. The second-order valence-corrected chi connectivity index (χ2v) is 5.93. The average Bonchev–Trinajstić information content (AvgIpc) is 2.46. The Hall–Kier alpha value is -1.09. The van der Waals surface area contributed by atoms with Gasteiger partial charge in [0.15, 0.2) is 12.1 Å². The molecular weight excluding hydrogens is 304 g/mol. The Morgan fingerprint density at radius 1 is 1.09 bits per heavy atom. The van der Waals surface area contributed by atoms with Gasteiger partial charge < -0.3 is 29.9 Å². The molecule has 0 saturated carbocycles. The van der Waals surface area contributed by atoms with Crippen LogP contribution in [0.2, 0.25) is 0 Å². The smallest absolute Gasteiger partial charge is 0.186 e. The van der Waals surface area contributed by atoms with E-state index >= 15 is 0 Å². The third-order valence-corrected chi connectivity index (χ3v) is 3.45. The second-order valence-electron chi connectivity index (χ2n) is 5.93. The lowest BCUT2D eigenvalue weighted by Gasteiger charge is -2.39. The zero-order valence-corrected chi connectivity index (χ0v) is 13.7. The molecule has 0 aromatic heterocycles. The largest absolute Gasteiger partial charge is 0.394 e. The third-order valence-electron chi connectivity index (χ3n) is 3.45. The van der Waals surface area contributed by atoms with Gasteiger partial charge in [0.05, 0.1) is 13.2 Å². The minimum absolute atomic E-state index is 0.102. The van der Waals surface area contributed by atoms with Crippen LogP contribution in [0.1, 0.15) is 27.2 Å². The average molecular weight is 330 g/mol. The van der Waals surface area contributed by atoms with Crippen LogP contribution in [0.15, 0.2) is 23.3 Å². The number of aliphatic hydroxyl groups is 4. The quantitative estimate of drug-likeness (QED) is 0.472. The summed E-state index contributed by atoms with van der Waals surface area (Å²) in [5.74, 6) is -0.102. The fourth-order valence-corrected chi connectivity index (χ4v) is 2.18. The van der Waals surface area contributed by atoms with E-state index < -0.39 is 37.3 Å². The van der Waals surface area contributed by atoms with Gasteiger partial charge in [-0.1, -0.05) is 11.1 Å². The van der Waals surface area contributed by atoms with Crippen molar-refractivity contribution in [1.82, 2.24) is 0 Å². The number of ketones is 1. The molecule has 1 fully saturated rings. The van der Waals surface area contributed by atoms with Crippen molar-refractivity contribution in [3.05, 3.63) is 23.3 Å². The van der Waals surface area contributed by atoms with Gasteiger partial charge in [0.25, 0.3) is 0 Å². The van der Waals surface area contributed by atoms with E-state index in [0.717, 1.165) is 11.1 Å². The van der Waals surface area contributed by atoms with Crippen LogP contribution in [-0.4, -0.2) is 70.1 Å². The number of carbonyl (C=O) groups excluding carboxylic acids is 1. The van der Waals surface area contributed by atoms with Gasteiger partial charge in [-0.2, -0.15) is 0 Å². The lowest BCUT2D eigenvalue weighted by molar-refractivity contribution is -0.300. The Balaban J connectivity index is 2.50. The van der Waals surface area contributed by atoms with Gasteiger partial charge in [-0.3, -0.25) is 4.79 Å². The van der Waals surface area contributed by atoms with E-state index in [-0.39, 0.29) is 12.4 Å². The molecule has 5 atom stereocenters. The Kier molecular flexibility index (Phi) is 8.04. The maximum atomic E-state index is 11.6. The van der Waals surface area contributed by atoms with Crippen LogP contribution in [-0.2, 0) is 14.3 Å². The zero-order chi connectivity index (χ0) is 17.6. The highest BCUT2D eigenvalue weighted by molar-refractivity contribution is 5.99. The lowest BCUT2D eigenvalue weighted by atomic mass is 9.99. The first-order chi connectivity index (χ1) is 10.8. The summed E-state index contributed by atoms with van der Waals surface area (Å²) in [6, 6.07) is 0. The van der Waals surface area contributed by atoms with Gasteiger partial charge in [0.1, 0.15) is 24.4 Å². The first-order valence-corrected chi connectivity index (χ1v) is 7.54. The maximum absolute atomic E-state index is 11.6. The number of carbonyl (C=O) groups is 1. The number of aliphatic hydroxyl groups excluding tert-OH is 4. The molecule has 132 valence electrons. The summed E-state index contributed by atoms with van der Waals surface area (Å²) in [5.41, 5.74) is 1.72. The minimum atomic E-state index is -1.46. The molecule has 0 aromatic carbocycles. The number of ether oxygens (including phenoxy) is 2. The number of rotatable bonds is 7. The molecule has 1 aliphatic rings. The van der Waals surface area contributed by atoms with Crippen LogP contribution in [0, 0.1) is 0 Å². The van der Waals surface area contributed by atoms with Crippen molar-refractivity contribution >= 4 is 5.78 Å². The predicted molar refractivity (Wildman–Crippen MR) is 82.5 cm³/mol. The van der Waals surface area contributed by atoms with Crippen molar-refractivity contribution in [2.75, 3.05) is 13.2 Å². The summed E-state index contributed by atoms with van der Waals surface area (Å²) >= 11 is 0. The number of hydrogen-bond acceptors (Lipinski definition) is 7. The van der Waals surface area contributed by atoms with Crippen molar-refractivity contribution in [3.63, 3.8) is 0 Å². The number of hydrogen-bond donors (Lipinski definition) is 4. The highest BCUT2D eigenvalue weighted by Gasteiger charge is 2.43. The van der Waals surface area contributed by atoms with E-state index in [4.69, 9.17) is 14.6 Å². The van der Waals surface area contributed by atoms with Crippen LogP contribution in [0.3, 0.4) is 0 Å². The van der Waals surface area contributed by atoms with Crippen molar-refractivity contribution in [1.29, 1.82) is 0 Å². The molecule has 0 amide bonds. The van der Waals surface area contributed by atoms with Crippen molar-refractivity contribution < 1.29 is 34.7 Å². The van der Waals surface area contributed by atoms with Gasteiger partial charge in [-0.15, -0.1) is 0 Å². The Morgan fingerprint density at radius 3 is 2.30 bits per heavy atom. The van der Waals surface area contributed by atoms with E-state index in [1.165, 1.54) is 12.2 Å². The van der Waals surface area contributed by atoms with Gasteiger partial charge in [0.2, 0.25) is 0 Å². The van der Waals surface area contributed by atoms with E-state index in [2.05, 4.69) is 0 Å². The first-order valence-electron chi connectivity index (χ1n) is 7.54. The summed E-state index contributed by atoms with van der Waals surface area (Å²) in [5, 5.41) is 38.2. The molecule has 7 nitrogen and oxygen atoms in total. The van der Waals surface area contributed by atoms with E-state index in [0.29, 0.717) is 6.42 Å². The van der Waals surface area contributed by atoms with Gasteiger partial charge in [0, 0.05) is 0 Å². The van der Waals surface area contributed by atoms with Crippen molar-refractivity contribution in [3.8, 4) is 0 Å². The Morgan fingerprint density at radius 2 is 1.74 bits per heavy atom. The molecule has 0 radical (unpaired) electrons. The molecule has 1 rings (SSSR count). The van der Waals surface area contributed by atoms with Crippen LogP contribution >= 0.6 is 0 Å². The molecule has 0 spiro atoms. The maximum Gasteiger partial charge on any atom is 0.186 e. The van der Waals surface area contributed by atoms with Crippen LogP contribution in [0.4, 0.5) is 0 Å². The predicted octanol–water partition coefficient (Wildman–Crippen LogP) is -0.325. The van der Waals surface area contributed by atoms with Gasteiger partial charge in [-0.25, -0.2) is 0 Å². The van der Waals surface area contributed by atoms with Gasteiger partial charge in [-0.05, 0) is 39.3 Å². The highest BCUT2D eigenvalue weighted by Crippen LogP contribution is 2.22. The molecule has 0 aliphatic carbocycles. The summed E-state index contributed by atoms with van der Waals surface area (Å²) in [6.45, 7) is 5.12. The monoisotopic (exact) mass is 330 g/mol. The topological polar surface area (TPSA) is 116 Å². The first kappa shape index (κ1) is 20.0. The normalized spacial score (nSPS) is 31.8. The molecule has 7 heteroatoms. The second kappa shape index (κ2) is 9.27. The van der Waals surface area contributed by atoms with Crippen LogP contribution in [0.5, 0.6) is 0 Å². The molecule has 23 heavy (non-hydrogen) atoms. The zero-order valence-electron chi connectivity index (χ0n) is 13.7. The highest BCUT2D eigenvalue weighted by atomic mass is 16.7. The summed E-state index contributed by atoms with van der Waals surface area (Å²) in [6.07, 6.45) is -2.94. The minimum Gasteiger partial charge on any atom is -0.394 e. The fourth-order valence-electron chi connectivity index (χ4n) is 2.18. The van der Waals surface area contributed by atoms with Gasteiger partial charge >= 0.3 is 0 Å². The van der Waals surface area contributed by atoms with Crippen LogP contribution in [0.25, 0.3) is 0 Å². The number of allylic oxidation sites excluding steroid dienone is 3. The summed E-state index contributed by atoms with van der Waals surface area (Å²) < 4.78 is 10.6. The SMILES string of the molecule is CC(C)=CC(=O)/C=C(\C)CCO[C@@H]1O[C@H](CO)[C@@H](O)[C@H](O)[C@H]1O. The molecule has 0 unspecified atom stereocenters. The lowest BCUT2D eigenvalue weighted by Crippen LogP contribution is -2.59.